The minimum Gasteiger partial charge on any atom is -0.455 e. The molecule has 0 amide bonds. The number of ether oxygens (including phenoxy) is 1. The lowest BCUT2D eigenvalue weighted by molar-refractivity contribution is -0.180. The zero-order valence-electron chi connectivity index (χ0n) is 11.3. The molecule has 0 N–H and O–H groups in total. The molecule has 3 nitrogen and oxygen atoms in total. The minimum atomic E-state index is -1.76. The summed E-state index contributed by atoms with van der Waals surface area (Å²) in [6, 6.07) is 0. The Morgan fingerprint density at radius 1 is 1.47 bits per heavy atom. The molecule has 0 aromatic carbocycles. The predicted octanol–water partition coefficient (Wildman–Crippen LogP) is 3.73. The molecule has 1 saturated heterocycles. The number of rotatable bonds is 2. The molecule has 0 unspecified atom stereocenters. The molecule has 0 spiro atoms. The Hall–Kier alpha value is 0.347. The van der Waals surface area contributed by atoms with Crippen LogP contribution in [0.2, 0.25) is 19.6 Å². The summed E-state index contributed by atoms with van der Waals surface area (Å²) in [4.78, 5) is 12.4. The average molecular weight is 410 g/mol. The fourth-order valence-electron chi connectivity index (χ4n) is 3.76. The molecular weight excluding hydrogens is 392 g/mol. The molecule has 19 heavy (non-hydrogen) atoms. The largest absolute Gasteiger partial charge is 0.455 e. The number of esters is 1. The fourth-order valence-corrected chi connectivity index (χ4v) is 7.39. The molecule has 4 rings (SSSR count). The van der Waals surface area contributed by atoms with E-state index >= 15 is 0 Å². The summed E-state index contributed by atoms with van der Waals surface area (Å²) < 4.78 is 12.3. The van der Waals surface area contributed by atoms with Crippen molar-refractivity contribution in [1.82, 2.24) is 0 Å². The van der Waals surface area contributed by atoms with Crippen LogP contribution in [-0.2, 0) is 14.0 Å². The van der Waals surface area contributed by atoms with Crippen LogP contribution in [0.4, 0.5) is 0 Å². The van der Waals surface area contributed by atoms with E-state index in [-0.39, 0.29) is 18.0 Å². The molecule has 4 aliphatic rings. The number of carbonyl (C=O) groups excluding carboxylic acids is 1. The first-order valence-corrected chi connectivity index (χ1v) is 11.7. The number of fused-ring (bicyclic) bond motifs is 1. The zero-order valence-corrected chi connectivity index (χ0v) is 15.5. The van der Waals surface area contributed by atoms with Crippen LogP contribution in [0.25, 0.3) is 0 Å². The van der Waals surface area contributed by atoms with Crippen LogP contribution < -0.4 is 0 Å². The van der Waals surface area contributed by atoms with Crippen molar-refractivity contribution in [3.8, 4) is 0 Å². The summed E-state index contributed by atoms with van der Waals surface area (Å²) in [6.07, 6.45) is 4.87. The van der Waals surface area contributed by atoms with Crippen LogP contribution in [0.3, 0.4) is 0 Å². The fraction of sp³-hybridized carbons (Fsp3) is 0.769. The second-order valence-electron chi connectivity index (χ2n) is 6.67. The molecular formula is C13H18Br2O3Si. The third kappa shape index (κ3) is 1.86. The van der Waals surface area contributed by atoms with Crippen molar-refractivity contribution < 1.29 is 14.0 Å². The molecule has 0 radical (unpaired) electrons. The Morgan fingerprint density at radius 3 is 2.79 bits per heavy atom. The lowest BCUT2D eigenvalue weighted by Crippen LogP contribution is -2.70. The molecule has 6 heteroatoms. The van der Waals surface area contributed by atoms with Crippen LogP contribution in [0, 0.1) is 5.92 Å². The standard InChI is InChI=1S/C13H18Br2O3Si/c1-19(2,3)18-13-6-4-5-8(13)10-9(14)7-12(13,15)11(16)17-10/h7-8,10H,4-6H2,1-3H3/t8-,10+,12+,13+/m1/s1. The lowest BCUT2D eigenvalue weighted by atomic mass is 9.70. The number of halogens is 2. The molecule has 2 aliphatic carbocycles. The Morgan fingerprint density at radius 2 is 2.16 bits per heavy atom. The van der Waals surface area contributed by atoms with E-state index in [9.17, 15) is 4.79 Å². The molecule has 1 saturated carbocycles. The van der Waals surface area contributed by atoms with Gasteiger partial charge in [-0.15, -0.1) is 0 Å². The van der Waals surface area contributed by atoms with Crippen molar-refractivity contribution in [1.29, 1.82) is 0 Å². The third-order valence-electron chi connectivity index (χ3n) is 4.27. The smallest absolute Gasteiger partial charge is 0.330 e. The summed E-state index contributed by atoms with van der Waals surface area (Å²) in [5, 5.41) is 0. The summed E-state index contributed by atoms with van der Waals surface area (Å²) in [5.41, 5.74) is -0.422. The second kappa shape index (κ2) is 4.18. The Kier molecular flexibility index (Phi) is 3.14. The van der Waals surface area contributed by atoms with Gasteiger partial charge in [-0.25, -0.2) is 0 Å². The van der Waals surface area contributed by atoms with Gasteiger partial charge < -0.3 is 9.16 Å². The van der Waals surface area contributed by atoms with E-state index in [2.05, 4.69) is 51.5 Å². The number of alkyl halides is 1. The van der Waals surface area contributed by atoms with Crippen LogP contribution >= 0.6 is 31.9 Å². The highest BCUT2D eigenvalue weighted by Crippen LogP contribution is 2.61. The highest BCUT2D eigenvalue weighted by atomic mass is 79.9. The summed E-state index contributed by atoms with van der Waals surface area (Å²) in [7, 11) is -1.76. The third-order valence-corrected chi connectivity index (χ3v) is 7.15. The van der Waals surface area contributed by atoms with Gasteiger partial charge in [0.2, 0.25) is 0 Å². The molecule has 106 valence electrons. The van der Waals surface area contributed by atoms with Crippen molar-refractivity contribution in [2.45, 2.75) is 54.9 Å². The number of hydrogen-bond donors (Lipinski definition) is 0. The summed E-state index contributed by atoms with van der Waals surface area (Å²) in [5.74, 6) is 0.0628. The van der Waals surface area contributed by atoms with Gasteiger partial charge in [-0.2, -0.15) is 0 Å². The summed E-state index contributed by atoms with van der Waals surface area (Å²) in [6.45, 7) is 6.54. The number of carbonyl (C=O) groups is 1. The molecule has 2 heterocycles. The Labute approximate surface area is 131 Å². The molecule has 0 aromatic rings. The normalized spacial score (nSPS) is 44.9. The van der Waals surface area contributed by atoms with Gasteiger partial charge in [-0.05, 0) is 45.0 Å². The van der Waals surface area contributed by atoms with Crippen molar-refractivity contribution in [3.05, 3.63) is 10.6 Å². The van der Waals surface area contributed by atoms with Gasteiger partial charge in [0.15, 0.2) is 12.6 Å². The van der Waals surface area contributed by atoms with E-state index in [1.54, 1.807) is 0 Å². The van der Waals surface area contributed by atoms with Crippen molar-refractivity contribution >= 4 is 46.1 Å². The number of hydrogen-bond acceptors (Lipinski definition) is 3. The van der Waals surface area contributed by atoms with Gasteiger partial charge in [0, 0.05) is 10.4 Å². The van der Waals surface area contributed by atoms with Crippen LogP contribution in [0.1, 0.15) is 19.3 Å². The van der Waals surface area contributed by atoms with E-state index in [1.807, 2.05) is 6.08 Å². The first-order chi connectivity index (χ1) is 8.70. The maximum Gasteiger partial charge on any atom is 0.330 e. The highest BCUT2D eigenvalue weighted by Gasteiger charge is 2.70. The lowest BCUT2D eigenvalue weighted by Gasteiger charge is -2.56. The monoisotopic (exact) mass is 408 g/mol. The molecule has 2 fully saturated rings. The van der Waals surface area contributed by atoms with E-state index in [0.29, 0.717) is 0 Å². The van der Waals surface area contributed by atoms with E-state index in [0.717, 1.165) is 23.7 Å². The van der Waals surface area contributed by atoms with E-state index in [4.69, 9.17) is 9.16 Å². The van der Waals surface area contributed by atoms with Gasteiger partial charge >= 0.3 is 5.97 Å². The van der Waals surface area contributed by atoms with E-state index in [1.165, 1.54) is 0 Å². The minimum absolute atomic E-state index is 0.161. The maximum atomic E-state index is 12.4. The van der Waals surface area contributed by atoms with Crippen molar-refractivity contribution in [3.63, 3.8) is 0 Å². The Balaban J connectivity index is 2.13. The quantitative estimate of drug-likeness (QED) is 0.396. The molecule has 2 bridgehead atoms. The SMILES string of the molecule is C[Si](C)(C)O[C@@]12CCC[C@@H]1[C@@H]1OC(=O)[C@@]2(Br)C=C1Br. The molecule has 2 aliphatic heterocycles. The van der Waals surface area contributed by atoms with Crippen LogP contribution in [-0.4, -0.2) is 30.3 Å². The highest BCUT2D eigenvalue weighted by molar-refractivity contribution is 9.12. The first kappa shape index (κ1) is 14.3. The van der Waals surface area contributed by atoms with Crippen LogP contribution in [0.15, 0.2) is 10.6 Å². The predicted molar refractivity (Wildman–Crippen MR) is 83.1 cm³/mol. The Bertz CT molecular complexity index is 473. The first-order valence-electron chi connectivity index (χ1n) is 6.68. The second-order valence-corrected chi connectivity index (χ2v) is 13.3. The topological polar surface area (TPSA) is 35.5 Å². The van der Waals surface area contributed by atoms with Crippen molar-refractivity contribution in [2.24, 2.45) is 5.92 Å². The molecule has 4 atom stereocenters. The van der Waals surface area contributed by atoms with E-state index < -0.39 is 18.2 Å². The zero-order chi connectivity index (χ0) is 14.1. The van der Waals surface area contributed by atoms with Gasteiger partial charge in [0.05, 0.1) is 5.60 Å². The van der Waals surface area contributed by atoms with Gasteiger partial charge in [-0.1, -0.05) is 31.9 Å². The van der Waals surface area contributed by atoms with Gasteiger partial charge in [0.25, 0.3) is 0 Å². The van der Waals surface area contributed by atoms with Gasteiger partial charge in [0.1, 0.15) is 6.10 Å². The molecule has 0 aromatic heterocycles. The summed E-state index contributed by atoms with van der Waals surface area (Å²) >= 11 is 7.23. The maximum absolute atomic E-state index is 12.4. The average Bonchev–Trinajstić information content (AvgIpc) is 2.65. The van der Waals surface area contributed by atoms with Gasteiger partial charge in [-0.3, -0.25) is 4.79 Å². The van der Waals surface area contributed by atoms with Crippen molar-refractivity contribution in [2.75, 3.05) is 0 Å². The van der Waals surface area contributed by atoms with Crippen LogP contribution in [0.5, 0.6) is 0 Å².